The molecule has 1 aromatic heterocycles. The molecule has 0 radical (unpaired) electrons. The molecule has 1 atom stereocenters. The van der Waals surface area contributed by atoms with Crippen LogP contribution in [0.5, 0.6) is 0 Å². The van der Waals surface area contributed by atoms with Gasteiger partial charge in [0.1, 0.15) is 5.76 Å². The summed E-state index contributed by atoms with van der Waals surface area (Å²) >= 11 is 5.85. The van der Waals surface area contributed by atoms with E-state index in [9.17, 15) is 8.42 Å². The van der Waals surface area contributed by atoms with E-state index in [2.05, 4.69) is 4.72 Å². The zero-order valence-electron chi connectivity index (χ0n) is 11.0. The van der Waals surface area contributed by atoms with Crippen LogP contribution in [0.4, 0.5) is 0 Å². The Hall–Kier alpha value is -1.30. The molecule has 0 aliphatic carbocycles. The average Bonchev–Trinajstić information content (AvgIpc) is 2.79. The summed E-state index contributed by atoms with van der Waals surface area (Å²) in [6.45, 7) is 1.80. The van der Waals surface area contributed by atoms with Crippen LogP contribution in [-0.2, 0) is 22.2 Å². The second-order valence-electron chi connectivity index (χ2n) is 4.69. The van der Waals surface area contributed by atoms with Gasteiger partial charge in [0.2, 0.25) is 10.0 Å². The first kappa shape index (κ1) is 15.1. The fraction of sp³-hybridized carbons (Fsp3) is 0.286. The topological polar surface area (TPSA) is 59.3 Å². The molecular formula is C14H16ClNO3S. The van der Waals surface area contributed by atoms with Crippen molar-refractivity contribution < 1.29 is 12.8 Å². The molecule has 0 spiro atoms. The Balaban J connectivity index is 1.96. The maximum atomic E-state index is 12.1. The van der Waals surface area contributed by atoms with E-state index >= 15 is 0 Å². The van der Waals surface area contributed by atoms with Gasteiger partial charge >= 0.3 is 0 Å². The van der Waals surface area contributed by atoms with Crippen LogP contribution < -0.4 is 4.72 Å². The van der Waals surface area contributed by atoms with Crippen LogP contribution in [-0.4, -0.2) is 14.5 Å². The first-order valence-electron chi connectivity index (χ1n) is 6.21. The quantitative estimate of drug-likeness (QED) is 0.892. The van der Waals surface area contributed by atoms with E-state index in [-0.39, 0.29) is 11.8 Å². The number of rotatable bonds is 6. The zero-order chi connectivity index (χ0) is 14.6. The molecule has 4 nitrogen and oxygen atoms in total. The highest BCUT2D eigenvalue weighted by atomic mass is 35.5. The van der Waals surface area contributed by atoms with Crippen LogP contribution in [0.1, 0.15) is 18.2 Å². The Kier molecular flexibility index (Phi) is 4.86. The molecule has 1 heterocycles. The lowest BCUT2D eigenvalue weighted by molar-refractivity contribution is 0.479. The molecule has 1 N–H and O–H groups in total. The fourth-order valence-corrected chi connectivity index (χ4v) is 3.58. The van der Waals surface area contributed by atoms with E-state index in [1.165, 1.54) is 0 Å². The lowest BCUT2D eigenvalue weighted by Crippen LogP contribution is -2.34. The Morgan fingerprint density at radius 1 is 1.30 bits per heavy atom. The molecule has 0 bridgehead atoms. The first-order valence-corrected chi connectivity index (χ1v) is 8.24. The molecule has 1 unspecified atom stereocenters. The molecule has 1 aromatic carbocycles. The third kappa shape index (κ3) is 4.67. The SMILES string of the molecule is CC(Cc1ccco1)NS(=O)(=O)Cc1cccc(Cl)c1. The molecular weight excluding hydrogens is 298 g/mol. The highest BCUT2D eigenvalue weighted by molar-refractivity contribution is 7.88. The summed E-state index contributed by atoms with van der Waals surface area (Å²) in [6, 6.07) is 10.2. The van der Waals surface area contributed by atoms with E-state index in [0.717, 1.165) is 5.76 Å². The number of hydrogen-bond acceptors (Lipinski definition) is 3. The number of sulfonamides is 1. The Bertz CT molecular complexity index is 653. The summed E-state index contributed by atoms with van der Waals surface area (Å²) in [5.74, 6) is 0.665. The van der Waals surface area contributed by atoms with Crippen LogP contribution in [0.15, 0.2) is 47.1 Å². The van der Waals surface area contributed by atoms with Gasteiger partial charge in [-0.3, -0.25) is 0 Å². The zero-order valence-corrected chi connectivity index (χ0v) is 12.6. The fourth-order valence-electron chi connectivity index (χ4n) is 1.97. The van der Waals surface area contributed by atoms with Crippen LogP contribution in [0.3, 0.4) is 0 Å². The molecule has 0 saturated heterocycles. The molecule has 0 aliphatic heterocycles. The maximum Gasteiger partial charge on any atom is 0.216 e. The number of benzene rings is 1. The average molecular weight is 314 g/mol. The minimum Gasteiger partial charge on any atom is -0.469 e. The second-order valence-corrected chi connectivity index (χ2v) is 6.88. The van der Waals surface area contributed by atoms with Crippen molar-refractivity contribution in [2.45, 2.75) is 25.1 Å². The maximum absolute atomic E-state index is 12.1. The molecule has 0 fully saturated rings. The summed E-state index contributed by atoms with van der Waals surface area (Å²) in [4.78, 5) is 0. The summed E-state index contributed by atoms with van der Waals surface area (Å²) in [7, 11) is -3.40. The van der Waals surface area contributed by atoms with E-state index in [0.29, 0.717) is 17.0 Å². The summed E-state index contributed by atoms with van der Waals surface area (Å²) in [6.07, 6.45) is 2.09. The van der Waals surface area contributed by atoms with Gasteiger partial charge in [0.15, 0.2) is 0 Å². The molecule has 6 heteroatoms. The number of furan rings is 1. The summed E-state index contributed by atoms with van der Waals surface area (Å²) < 4.78 is 32.0. The van der Waals surface area contributed by atoms with Crippen molar-refractivity contribution in [2.24, 2.45) is 0 Å². The molecule has 0 amide bonds. The van der Waals surface area contributed by atoms with Gasteiger partial charge in [-0.2, -0.15) is 0 Å². The van der Waals surface area contributed by atoms with Gasteiger partial charge in [0, 0.05) is 17.5 Å². The molecule has 0 aliphatic rings. The van der Waals surface area contributed by atoms with E-state index in [1.807, 2.05) is 6.07 Å². The van der Waals surface area contributed by atoms with Crippen LogP contribution in [0.2, 0.25) is 5.02 Å². The van der Waals surface area contributed by atoms with Crippen molar-refractivity contribution in [1.82, 2.24) is 4.72 Å². The van der Waals surface area contributed by atoms with Crippen molar-refractivity contribution in [3.8, 4) is 0 Å². The highest BCUT2D eigenvalue weighted by Crippen LogP contribution is 2.13. The predicted molar refractivity (Wildman–Crippen MR) is 79.1 cm³/mol. The van der Waals surface area contributed by atoms with Gasteiger partial charge in [-0.1, -0.05) is 23.7 Å². The number of hydrogen-bond donors (Lipinski definition) is 1. The van der Waals surface area contributed by atoms with Gasteiger partial charge in [-0.05, 0) is 36.8 Å². The number of nitrogens with one attached hydrogen (secondary N) is 1. The van der Waals surface area contributed by atoms with E-state index in [1.54, 1.807) is 43.5 Å². The summed E-state index contributed by atoms with van der Waals surface area (Å²) in [5.41, 5.74) is 0.662. The monoisotopic (exact) mass is 313 g/mol. The van der Waals surface area contributed by atoms with Crippen molar-refractivity contribution in [1.29, 1.82) is 0 Å². The predicted octanol–water partition coefficient (Wildman–Crippen LogP) is 2.98. The van der Waals surface area contributed by atoms with E-state index < -0.39 is 10.0 Å². The van der Waals surface area contributed by atoms with Gasteiger partial charge in [-0.25, -0.2) is 13.1 Å². The Morgan fingerprint density at radius 2 is 2.10 bits per heavy atom. The van der Waals surface area contributed by atoms with Crippen LogP contribution >= 0.6 is 11.6 Å². The normalized spacial score (nSPS) is 13.3. The molecule has 108 valence electrons. The van der Waals surface area contributed by atoms with Crippen LogP contribution in [0.25, 0.3) is 0 Å². The molecule has 0 saturated carbocycles. The molecule has 2 aromatic rings. The molecule has 20 heavy (non-hydrogen) atoms. The van der Waals surface area contributed by atoms with Crippen molar-refractivity contribution in [3.05, 3.63) is 59.0 Å². The summed E-state index contributed by atoms with van der Waals surface area (Å²) in [5, 5.41) is 0.529. The largest absolute Gasteiger partial charge is 0.469 e. The van der Waals surface area contributed by atoms with Crippen molar-refractivity contribution >= 4 is 21.6 Å². The first-order chi connectivity index (χ1) is 9.44. The van der Waals surface area contributed by atoms with Gasteiger partial charge < -0.3 is 4.42 Å². The van der Waals surface area contributed by atoms with Gasteiger partial charge in [-0.15, -0.1) is 0 Å². The lowest BCUT2D eigenvalue weighted by Gasteiger charge is -2.13. The molecule has 2 rings (SSSR count). The smallest absolute Gasteiger partial charge is 0.216 e. The second kappa shape index (κ2) is 6.43. The number of halogens is 1. The van der Waals surface area contributed by atoms with Crippen LogP contribution in [0, 0.1) is 0 Å². The minimum atomic E-state index is -3.40. The third-order valence-electron chi connectivity index (χ3n) is 2.71. The standard InChI is InChI=1S/C14H16ClNO3S/c1-11(8-14-6-3-7-19-14)16-20(17,18)10-12-4-2-5-13(15)9-12/h2-7,9,11,16H,8,10H2,1H3. The Labute approximate surface area is 123 Å². The highest BCUT2D eigenvalue weighted by Gasteiger charge is 2.16. The van der Waals surface area contributed by atoms with Crippen molar-refractivity contribution in [3.63, 3.8) is 0 Å². The van der Waals surface area contributed by atoms with Crippen molar-refractivity contribution in [2.75, 3.05) is 0 Å². The lowest BCUT2D eigenvalue weighted by atomic mass is 10.2. The minimum absolute atomic E-state index is 0.0872. The van der Waals surface area contributed by atoms with E-state index in [4.69, 9.17) is 16.0 Å². The Morgan fingerprint density at radius 3 is 2.75 bits per heavy atom. The van der Waals surface area contributed by atoms with Gasteiger partial charge in [0.25, 0.3) is 0 Å². The van der Waals surface area contributed by atoms with Gasteiger partial charge in [0.05, 0.1) is 12.0 Å². The third-order valence-corrected chi connectivity index (χ3v) is 4.42.